The summed E-state index contributed by atoms with van der Waals surface area (Å²) >= 11 is 0. The molecule has 0 unspecified atom stereocenters. The summed E-state index contributed by atoms with van der Waals surface area (Å²) in [7, 11) is 1.49. The first kappa shape index (κ1) is 12.3. The van der Waals surface area contributed by atoms with E-state index in [0.29, 0.717) is 5.75 Å². The van der Waals surface area contributed by atoms with Crippen LogP contribution < -0.4 is 10.1 Å². The van der Waals surface area contributed by atoms with Crippen LogP contribution in [0, 0.1) is 10.1 Å². The highest BCUT2D eigenvalue weighted by Crippen LogP contribution is 2.30. The molecule has 1 aromatic rings. The number of nitrogens with zero attached hydrogens (tertiary/aromatic N) is 1. The summed E-state index contributed by atoms with van der Waals surface area (Å²) in [4.78, 5) is 10.2. The molecule has 1 aromatic carbocycles. The van der Waals surface area contributed by atoms with E-state index in [-0.39, 0.29) is 11.2 Å². The monoisotopic (exact) mass is 224 g/mol. The Morgan fingerprint density at radius 2 is 2.00 bits per heavy atom. The van der Waals surface area contributed by atoms with E-state index in [1.54, 1.807) is 6.07 Å². The average molecular weight is 224 g/mol. The Balaban J connectivity index is 3.07. The SMILES string of the molecule is COc1cc([N+](=O)[O-])ccc1NC(C)(C)C. The lowest BCUT2D eigenvalue weighted by Gasteiger charge is -2.23. The molecule has 0 saturated heterocycles. The fraction of sp³-hybridized carbons (Fsp3) is 0.455. The fourth-order valence-corrected chi connectivity index (χ4v) is 1.30. The molecule has 0 amide bonds. The Bertz CT molecular complexity index is 397. The lowest BCUT2D eigenvalue weighted by Crippen LogP contribution is -2.26. The van der Waals surface area contributed by atoms with Gasteiger partial charge in [0.1, 0.15) is 5.75 Å². The van der Waals surface area contributed by atoms with Crippen LogP contribution in [0.4, 0.5) is 11.4 Å². The molecule has 0 aliphatic rings. The van der Waals surface area contributed by atoms with Crippen molar-refractivity contribution in [2.45, 2.75) is 26.3 Å². The maximum atomic E-state index is 10.6. The number of anilines is 1. The zero-order chi connectivity index (χ0) is 12.3. The average Bonchev–Trinajstić information content (AvgIpc) is 2.15. The van der Waals surface area contributed by atoms with Gasteiger partial charge in [-0.05, 0) is 26.8 Å². The molecule has 0 fully saturated rings. The van der Waals surface area contributed by atoms with Gasteiger partial charge < -0.3 is 10.1 Å². The van der Waals surface area contributed by atoms with Gasteiger partial charge in [0.2, 0.25) is 0 Å². The van der Waals surface area contributed by atoms with Crippen molar-refractivity contribution in [2.75, 3.05) is 12.4 Å². The van der Waals surface area contributed by atoms with Crippen molar-refractivity contribution < 1.29 is 9.66 Å². The quantitative estimate of drug-likeness (QED) is 0.633. The molecule has 0 atom stereocenters. The third-order valence-electron chi connectivity index (χ3n) is 1.91. The molecular weight excluding hydrogens is 208 g/mol. The molecular formula is C11H16N2O3. The summed E-state index contributed by atoms with van der Waals surface area (Å²) in [6.07, 6.45) is 0. The minimum absolute atomic E-state index is 0.0244. The maximum Gasteiger partial charge on any atom is 0.273 e. The Kier molecular flexibility index (Phi) is 3.37. The van der Waals surface area contributed by atoms with E-state index >= 15 is 0 Å². The molecule has 0 heterocycles. The van der Waals surface area contributed by atoms with Crippen molar-refractivity contribution in [3.8, 4) is 5.75 Å². The highest BCUT2D eigenvalue weighted by Gasteiger charge is 2.15. The molecule has 0 radical (unpaired) electrons. The number of hydrogen-bond donors (Lipinski definition) is 1. The Morgan fingerprint density at radius 3 is 2.44 bits per heavy atom. The number of benzene rings is 1. The number of nitrogens with one attached hydrogen (secondary N) is 1. The first-order valence-electron chi connectivity index (χ1n) is 4.94. The minimum atomic E-state index is -0.441. The van der Waals surface area contributed by atoms with Crippen LogP contribution in [0.1, 0.15) is 20.8 Å². The normalized spacial score (nSPS) is 11.0. The molecule has 0 saturated carbocycles. The molecule has 0 bridgehead atoms. The number of ether oxygens (including phenoxy) is 1. The summed E-state index contributed by atoms with van der Waals surface area (Å²) in [6.45, 7) is 6.02. The summed E-state index contributed by atoms with van der Waals surface area (Å²) < 4.78 is 5.12. The number of nitro benzene ring substituents is 1. The van der Waals surface area contributed by atoms with Crippen molar-refractivity contribution >= 4 is 11.4 Å². The molecule has 0 aromatic heterocycles. The van der Waals surface area contributed by atoms with Gasteiger partial charge in [-0.25, -0.2) is 0 Å². The molecule has 88 valence electrons. The molecule has 1 rings (SSSR count). The first-order chi connectivity index (χ1) is 7.33. The topological polar surface area (TPSA) is 64.4 Å². The van der Waals surface area contributed by atoms with Crippen LogP contribution in [0.2, 0.25) is 0 Å². The van der Waals surface area contributed by atoms with Crippen molar-refractivity contribution in [3.05, 3.63) is 28.3 Å². The summed E-state index contributed by atoms with van der Waals surface area (Å²) in [6, 6.07) is 4.52. The summed E-state index contributed by atoms with van der Waals surface area (Å²) in [5.41, 5.74) is 0.653. The third-order valence-corrected chi connectivity index (χ3v) is 1.91. The van der Waals surface area contributed by atoms with E-state index in [2.05, 4.69) is 5.32 Å². The predicted octanol–water partition coefficient (Wildman–Crippen LogP) is 2.81. The van der Waals surface area contributed by atoms with Crippen LogP contribution in [0.25, 0.3) is 0 Å². The Morgan fingerprint density at radius 1 is 1.38 bits per heavy atom. The van der Waals surface area contributed by atoms with Crippen molar-refractivity contribution in [3.63, 3.8) is 0 Å². The second-order valence-corrected chi connectivity index (χ2v) is 4.52. The number of hydrogen-bond acceptors (Lipinski definition) is 4. The first-order valence-corrected chi connectivity index (χ1v) is 4.94. The lowest BCUT2D eigenvalue weighted by atomic mass is 10.1. The predicted molar refractivity (Wildman–Crippen MR) is 63.0 cm³/mol. The van der Waals surface area contributed by atoms with E-state index in [4.69, 9.17) is 4.74 Å². The van der Waals surface area contributed by atoms with Gasteiger partial charge in [0, 0.05) is 11.6 Å². The van der Waals surface area contributed by atoms with Gasteiger partial charge in [-0.2, -0.15) is 0 Å². The van der Waals surface area contributed by atoms with Crippen molar-refractivity contribution in [1.82, 2.24) is 0 Å². The van der Waals surface area contributed by atoms with E-state index in [1.165, 1.54) is 19.2 Å². The third kappa shape index (κ3) is 3.12. The Hall–Kier alpha value is -1.78. The molecule has 0 aliphatic heterocycles. The zero-order valence-corrected chi connectivity index (χ0v) is 9.90. The van der Waals surface area contributed by atoms with Crippen molar-refractivity contribution in [2.24, 2.45) is 0 Å². The lowest BCUT2D eigenvalue weighted by molar-refractivity contribution is -0.384. The van der Waals surface area contributed by atoms with Gasteiger partial charge in [0.15, 0.2) is 0 Å². The maximum absolute atomic E-state index is 10.6. The van der Waals surface area contributed by atoms with Crippen LogP contribution in [0.15, 0.2) is 18.2 Å². The molecule has 16 heavy (non-hydrogen) atoms. The molecule has 0 aliphatic carbocycles. The van der Waals surface area contributed by atoms with Crippen LogP contribution in [-0.4, -0.2) is 17.6 Å². The second-order valence-electron chi connectivity index (χ2n) is 4.52. The summed E-state index contributed by atoms with van der Waals surface area (Å²) in [5.74, 6) is 0.476. The number of non-ortho nitro benzene ring substituents is 1. The van der Waals surface area contributed by atoms with Crippen LogP contribution in [-0.2, 0) is 0 Å². The minimum Gasteiger partial charge on any atom is -0.494 e. The second kappa shape index (κ2) is 4.38. The van der Waals surface area contributed by atoms with Crippen LogP contribution >= 0.6 is 0 Å². The highest BCUT2D eigenvalue weighted by molar-refractivity contribution is 5.61. The molecule has 5 heteroatoms. The van der Waals surface area contributed by atoms with Gasteiger partial charge in [-0.1, -0.05) is 0 Å². The van der Waals surface area contributed by atoms with E-state index in [1.807, 2.05) is 20.8 Å². The van der Waals surface area contributed by atoms with Gasteiger partial charge in [0.05, 0.1) is 23.8 Å². The van der Waals surface area contributed by atoms with Gasteiger partial charge >= 0.3 is 0 Å². The van der Waals surface area contributed by atoms with Crippen LogP contribution in [0.5, 0.6) is 5.75 Å². The number of rotatable bonds is 3. The molecule has 5 nitrogen and oxygen atoms in total. The highest BCUT2D eigenvalue weighted by atomic mass is 16.6. The van der Waals surface area contributed by atoms with E-state index < -0.39 is 4.92 Å². The molecule has 0 spiro atoms. The van der Waals surface area contributed by atoms with Gasteiger partial charge in [0.25, 0.3) is 5.69 Å². The van der Waals surface area contributed by atoms with Crippen molar-refractivity contribution in [1.29, 1.82) is 0 Å². The standard InChI is InChI=1S/C11H16N2O3/c1-11(2,3)12-9-6-5-8(13(14)15)7-10(9)16-4/h5-7,12H,1-4H3. The largest absolute Gasteiger partial charge is 0.494 e. The van der Waals surface area contributed by atoms with E-state index in [9.17, 15) is 10.1 Å². The van der Waals surface area contributed by atoms with Gasteiger partial charge in [-0.15, -0.1) is 0 Å². The van der Waals surface area contributed by atoms with Gasteiger partial charge in [-0.3, -0.25) is 10.1 Å². The van der Waals surface area contributed by atoms with E-state index in [0.717, 1.165) is 5.69 Å². The smallest absolute Gasteiger partial charge is 0.273 e. The Labute approximate surface area is 94.6 Å². The zero-order valence-electron chi connectivity index (χ0n) is 9.90. The number of methoxy groups -OCH3 is 1. The fourth-order valence-electron chi connectivity index (χ4n) is 1.30. The summed E-state index contributed by atoms with van der Waals surface area (Å²) in [5, 5.41) is 13.8. The van der Waals surface area contributed by atoms with Crippen LogP contribution in [0.3, 0.4) is 0 Å². The molecule has 1 N–H and O–H groups in total. The number of nitro groups is 1.